The first-order valence-electron chi connectivity index (χ1n) is 8.12. The lowest BCUT2D eigenvalue weighted by molar-refractivity contribution is -0.115. The Morgan fingerprint density at radius 1 is 1.38 bits per heavy atom. The number of carbonyl (C=O) groups is 1. The summed E-state index contributed by atoms with van der Waals surface area (Å²) in [4.78, 5) is 16.6. The van der Waals surface area contributed by atoms with Crippen molar-refractivity contribution < 1.29 is 13.6 Å². The lowest BCUT2D eigenvalue weighted by atomic mass is 9.92. The van der Waals surface area contributed by atoms with E-state index in [9.17, 15) is 9.18 Å². The predicted molar refractivity (Wildman–Crippen MR) is 101 cm³/mol. The van der Waals surface area contributed by atoms with Gasteiger partial charge < -0.3 is 9.73 Å². The van der Waals surface area contributed by atoms with Crippen molar-refractivity contribution in [1.82, 2.24) is 9.36 Å². The minimum absolute atomic E-state index is 0.00821. The summed E-state index contributed by atoms with van der Waals surface area (Å²) >= 11 is 7.15. The average molecular weight is 396 g/mol. The van der Waals surface area contributed by atoms with Gasteiger partial charge in [-0.1, -0.05) is 32.4 Å². The van der Waals surface area contributed by atoms with Gasteiger partial charge in [-0.05, 0) is 35.5 Å². The van der Waals surface area contributed by atoms with E-state index in [4.69, 9.17) is 16.0 Å². The summed E-state index contributed by atoms with van der Waals surface area (Å²) in [6.07, 6.45) is 0.513. The van der Waals surface area contributed by atoms with Crippen LogP contribution in [0.15, 0.2) is 16.5 Å². The third kappa shape index (κ3) is 4.22. The van der Waals surface area contributed by atoms with Crippen LogP contribution in [0, 0.1) is 18.2 Å². The fraction of sp³-hybridized carbons (Fsp3) is 0.389. The minimum Gasteiger partial charge on any atom is -0.441 e. The second-order valence-electron chi connectivity index (χ2n) is 7.39. The van der Waals surface area contributed by atoms with E-state index in [2.05, 4.69) is 35.4 Å². The molecular formula is C18H19ClFN3O2S. The van der Waals surface area contributed by atoms with E-state index in [0.29, 0.717) is 39.1 Å². The highest BCUT2D eigenvalue weighted by atomic mass is 35.5. The number of nitrogens with zero attached hydrogens (tertiary/aromatic N) is 2. The first-order chi connectivity index (χ1) is 12.1. The van der Waals surface area contributed by atoms with Crippen molar-refractivity contribution in [2.45, 2.75) is 40.5 Å². The van der Waals surface area contributed by atoms with Crippen LogP contribution < -0.4 is 5.32 Å². The average Bonchev–Trinajstić information content (AvgIpc) is 3.02. The molecule has 0 saturated heterocycles. The Morgan fingerprint density at radius 2 is 2.12 bits per heavy atom. The molecule has 0 aliphatic rings. The molecule has 0 radical (unpaired) electrons. The van der Waals surface area contributed by atoms with Crippen molar-refractivity contribution in [1.29, 1.82) is 0 Å². The maximum absolute atomic E-state index is 14.3. The zero-order valence-electron chi connectivity index (χ0n) is 14.9. The van der Waals surface area contributed by atoms with E-state index in [0.717, 1.165) is 11.5 Å². The van der Waals surface area contributed by atoms with E-state index in [-0.39, 0.29) is 23.3 Å². The van der Waals surface area contributed by atoms with E-state index in [1.165, 1.54) is 6.07 Å². The molecule has 1 N–H and O–H groups in total. The number of nitrogens with one attached hydrogen (secondary N) is 1. The van der Waals surface area contributed by atoms with Crippen molar-refractivity contribution >= 4 is 45.1 Å². The molecule has 138 valence electrons. The Morgan fingerprint density at radius 3 is 2.73 bits per heavy atom. The number of rotatable bonds is 4. The Labute approximate surface area is 159 Å². The number of benzene rings is 1. The number of hydrogen-bond acceptors (Lipinski definition) is 5. The molecule has 0 bridgehead atoms. The zero-order valence-corrected chi connectivity index (χ0v) is 16.5. The van der Waals surface area contributed by atoms with Crippen LogP contribution in [0.4, 0.5) is 9.39 Å². The number of amides is 1. The molecule has 0 spiro atoms. The molecule has 0 unspecified atom stereocenters. The van der Waals surface area contributed by atoms with Gasteiger partial charge >= 0.3 is 0 Å². The van der Waals surface area contributed by atoms with Gasteiger partial charge in [-0.2, -0.15) is 4.37 Å². The van der Waals surface area contributed by atoms with Crippen molar-refractivity contribution in [3.63, 3.8) is 0 Å². The molecule has 1 aromatic carbocycles. The summed E-state index contributed by atoms with van der Waals surface area (Å²) in [5.41, 5.74) is 1.83. The summed E-state index contributed by atoms with van der Waals surface area (Å²) in [5.74, 6) is -0.315. The third-order valence-corrected chi connectivity index (χ3v) is 5.11. The third-order valence-electron chi connectivity index (χ3n) is 3.68. The van der Waals surface area contributed by atoms with Gasteiger partial charge in [0, 0.05) is 12.5 Å². The summed E-state index contributed by atoms with van der Waals surface area (Å²) in [7, 11) is 0. The molecule has 0 atom stereocenters. The quantitative estimate of drug-likeness (QED) is 0.662. The molecule has 3 rings (SSSR count). The van der Waals surface area contributed by atoms with Crippen molar-refractivity contribution in [2.75, 3.05) is 5.32 Å². The van der Waals surface area contributed by atoms with Gasteiger partial charge in [0.25, 0.3) is 0 Å². The second kappa shape index (κ2) is 6.96. The van der Waals surface area contributed by atoms with Gasteiger partial charge in [-0.3, -0.25) is 4.79 Å². The standard InChI is InChI=1S/C18H19ClFN3O2S/c1-9-16(19)17(26-23-9)22-14(24)6-10-5-12-13(7-11(10)20)25-15(21-12)8-18(2,3)4/h5,7H,6,8H2,1-4H3,(H,22,24). The summed E-state index contributed by atoms with van der Waals surface area (Å²) in [6.45, 7) is 7.97. The molecule has 26 heavy (non-hydrogen) atoms. The molecule has 5 nitrogen and oxygen atoms in total. The van der Waals surface area contributed by atoms with E-state index < -0.39 is 5.82 Å². The molecule has 3 aromatic rings. The Hall–Kier alpha value is -1.99. The van der Waals surface area contributed by atoms with Gasteiger partial charge in [0.2, 0.25) is 5.91 Å². The number of fused-ring (bicyclic) bond motifs is 1. The molecule has 2 heterocycles. The highest BCUT2D eigenvalue weighted by Gasteiger charge is 2.19. The largest absolute Gasteiger partial charge is 0.441 e. The Balaban J connectivity index is 1.80. The van der Waals surface area contributed by atoms with Crippen LogP contribution in [0.5, 0.6) is 0 Å². The van der Waals surface area contributed by atoms with Crippen molar-refractivity contribution in [3.05, 3.63) is 40.1 Å². The fourth-order valence-corrected chi connectivity index (χ4v) is 3.43. The van der Waals surface area contributed by atoms with Crippen LogP contribution in [-0.4, -0.2) is 15.3 Å². The molecule has 0 saturated carbocycles. The van der Waals surface area contributed by atoms with E-state index in [1.807, 2.05) is 0 Å². The predicted octanol–water partition coefficient (Wildman–Crippen LogP) is 5.16. The maximum atomic E-state index is 14.3. The minimum atomic E-state index is -0.502. The molecule has 0 aliphatic heterocycles. The molecular weight excluding hydrogens is 377 g/mol. The number of halogens is 2. The molecule has 8 heteroatoms. The highest BCUT2D eigenvalue weighted by molar-refractivity contribution is 7.11. The van der Waals surface area contributed by atoms with Gasteiger partial charge in [-0.15, -0.1) is 0 Å². The Bertz CT molecular complexity index is 975. The topological polar surface area (TPSA) is 68.0 Å². The van der Waals surface area contributed by atoms with E-state index >= 15 is 0 Å². The summed E-state index contributed by atoms with van der Waals surface area (Å²) < 4.78 is 24.0. The lowest BCUT2D eigenvalue weighted by Gasteiger charge is -2.14. The molecule has 0 aliphatic carbocycles. The molecule has 2 aromatic heterocycles. The van der Waals surface area contributed by atoms with Gasteiger partial charge in [0.1, 0.15) is 16.3 Å². The van der Waals surface area contributed by atoms with Crippen LogP contribution >= 0.6 is 23.1 Å². The molecule has 0 fully saturated rings. The summed E-state index contributed by atoms with van der Waals surface area (Å²) in [5, 5.41) is 3.53. The fourth-order valence-electron chi connectivity index (χ4n) is 2.48. The first kappa shape index (κ1) is 18.8. The van der Waals surface area contributed by atoms with Crippen LogP contribution in [0.3, 0.4) is 0 Å². The molecule has 1 amide bonds. The van der Waals surface area contributed by atoms with Crippen LogP contribution in [0.1, 0.15) is 37.9 Å². The summed E-state index contributed by atoms with van der Waals surface area (Å²) in [6, 6.07) is 2.83. The normalized spacial score (nSPS) is 11.9. The maximum Gasteiger partial charge on any atom is 0.229 e. The van der Waals surface area contributed by atoms with Crippen LogP contribution in [-0.2, 0) is 17.6 Å². The Kier molecular flexibility index (Phi) is 5.03. The monoisotopic (exact) mass is 395 g/mol. The lowest BCUT2D eigenvalue weighted by Crippen LogP contribution is -2.14. The number of anilines is 1. The number of aromatic nitrogens is 2. The second-order valence-corrected chi connectivity index (χ2v) is 8.54. The number of aryl methyl sites for hydroxylation is 1. The van der Waals surface area contributed by atoms with Crippen LogP contribution in [0.2, 0.25) is 5.02 Å². The van der Waals surface area contributed by atoms with Crippen molar-refractivity contribution in [3.8, 4) is 0 Å². The SMILES string of the molecule is Cc1nsc(NC(=O)Cc2cc3nc(CC(C)(C)C)oc3cc2F)c1Cl. The smallest absolute Gasteiger partial charge is 0.229 e. The highest BCUT2D eigenvalue weighted by Crippen LogP contribution is 2.30. The van der Waals surface area contributed by atoms with E-state index in [1.54, 1.807) is 13.0 Å². The van der Waals surface area contributed by atoms with Crippen molar-refractivity contribution in [2.24, 2.45) is 5.41 Å². The number of carbonyl (C=O) groups excluding carboxylic acids is 1. The number of oxazole rings is 1. The van der Waals surface area contributed by atoms with Gasteiger partial charge in [-0.25, -0.2) is 9.37 Å². The zero-order chi connectivity index (χ0) is 19.1. The number of hydrogen-bond donors (Lipinski definition) is 1. The van der Waals surface area contributed by atoms with Gasteiger partial charge in [0.15, 0.2) is 11.5 Å². The van der Waals surface area contributed by atoms with Gasteiger partial charge in [0.05, 0.1) is 17.1 Å². The van der Waals surface area contributed by atoms with Crippen LogP contribution in [0.25, 0.3) is 11.1 Å². The first-order valence-corrected chi connectivity index (χ1v) is 9.27.